The van der Waals surface area contributed by atoms with Crippen LogP contribution in [0.1, 0.15) is 0 Å². The number of methoxy groups -OCH3 is 2. The van der Waals surface area contributed by atoms with Crippen LogP contribution in [0.5, 0.6) is 11.5 Å². The van der Waals surface area contributed by atoms with Gasteiger partial charge in [0.05, 0.1) is 14.2 Å². The minimum absolute atomic E-state index is 0.331. The number of amides is 2. The van der Waals surface area contributed by atoms with E-state index in [-0.39, 0.29) is 0 Å². The summed E-state index contributed by atoms with van der Waals surface area (Å²) in [6.45, 7) is 0. The maximum atomic E-state index is 11.6. The molecule has 0 spiro atoms. The summed E-state index contributed by atoms with van der Waals surface area (Å²) in [6, 6.07) is 5.05. The van der Waals surface area contributed by atoms with Gasteiger partial charge in [-0.05, 0) is 12.1 Å². The van der Waals surface area contributed by atoms with E-state index in [0.29, 0.717) is 17.2 Å². The molecule has 1 aliphatic rings. The molecule has 0 saturated heterocycles. The Bertz CT molecular complexity index is 467. The molecule has 1 heterocycles. The number of benzene rings is 1. The lowest BCUT2D eigenvalue weighted by atomic mass is 10.2. The van der Waals surface area contributed by atoms with Crippen molar-refractivity contribution < 1.29 is 19.1 Å². The van der Waals surface area contributed by atoms with Gasteiger partial charge in [-0.15, -0.1) is 0 Å². The first kappa shape index (κ1) is 11.2. The highest BCUT2D eigenvalue weighted by atomic mass is 16.5. The zero-order valence-corrected chi connectivity index (χ0v) is 9.47. The molecule has 0 radical (unpaired) electrons. The van der Waals surface area contributed by atoms with Crippen LogP contribution in [0.4, 0.5) is 5.69 Å². The molecule has 0 atom stereocenters. The van der Waals surface area contributed by atoms with Crippen LogP contribution in [0.25, 0.3) is 0 Å². The largest absolute Gasteiger partial charge is 0.494 e. The molecule has 5 heteroatoms. The number of hydrogen-bond donors (Lipinski definition) is 0. The van der Waals surface area contributed by atoms with Crippen LogP contribution < -0.4 is 14.4 Å². The van der Waals surface area contributed by atoms with E-state index in [1.54, 1.807) is 18.2 Å². The van der Waals surface area contributed by atoms with Gasteiger partial charge in [0.15, 0.2) is 0 Å². The van der Waals surface area contributed by atoms with E-state index < -0.39 is 11.8 Å². The molecule has 2 rings (SSSR count). The summed E-state index contributed by atoms with van der Waals surface area (Å²) >= 11 is 0. The molecule has 17 heavy (non-hydrogen) atoms. The van der Waals surface area contributed by atoms with Crippen molar-refractivity contribution in [2.45, 2.75) is 0 Å². The second kappa shape index (κ2) is 4.29. The number of rotatable bonds is 3. The van der Waals surface area contributed by atoms with Crippen LogP contribution in [-0.4, -0.2) is 26.0 Å². The fraction of sp³-hybridized carbons (Fsp3) is 0.167. The van der Waals surface area contributed by atoms with Gasteiger partial charge in [0.1, 0.15) is 17.2 Å². The molecule has 0 bridgehead atoms. The van der Waals surface area contributed by atoms with Crippen LogP contribution >= 0.6 is 0 Å². The monoisotopic (exact) mass is 233 g/mol. The molecule has 0 unspecified atom stereocenters. The van der Waals surface area contributed by atoms with Crippen molar-refractivity contribution in [1.82, 2.24) is 0 Å². The molecule has 1 aromatic carbocycles. The number of para-hydroxylation sites is 1. The molecular formula is C12H11NO4. The van der Waals surface area contributed by atoms with Gasteiger partial charge in [0, 0.05) is 12.2 Å². The second-order valence-corrected chi connectivity index (χ2v) is 3.36. The lowest BCUT2D eigenvalue weighted by molar-refractivity contribution is -0.120. The van der Waals surface area contributed by atoms with E-state index in [2.05, 4.69) is 0 Å². The van der Waals surface area contributed by atoms with Crippen molar-refractivity contribution in [3.05, 3.63) is 30.4 Å². The number of imide groups is 1. The van der Waals surface area contributed by atoms with Crippen LogP contribution in [0.3, 0.4) is 0 Å². The third kappa shape index (κ3) is 1.75. The Labute approximate surface area is 98.2 Å². The van der Waals surface area contributed by atoms with E-state index in [9.17, 15) is 9.59 Å². The molecule has 1 aromatic rings. The summed E-state index contributed by atoms with van der Waals surface area (Å²) in [5, 5.41) is 0. The minimum Gasteiger partial charge on any atom is -0.494 e. The summed E-state index contributed by atoms with van der Waals surface area (Å²) in [5.41, 5.74) is 0.331. The van der Waals surface area contributed by atoms with Crippen molar-refractivity contribution >= 4 is 17.5 Å². The third-order valence-electron chi connectivity index (χ3n) is 2.43. The van der Waals surface area contributed by atoms with Crippen LogP contribution in [0.2, 0.25) is 0 Å². The van der Waals surface area contributed by atoms with E-state index in [1.165, 1.54) is 26.4 Å². The van der Waals surface area contributed by atoms with Gasteiger partial charge < -0.3 is 9.47 Å². The Hall–Kier alpha value is -2.30. The predicted octanol–water partition coefficient (Wildman–Crippen LogP) is 1.13. The molecule has 0 saturated carbocycles. The highest BCUT2D eigenvalue weighted by Gasteiger charge is 2.30. The Morgan fingerprint density at radius 3 is 1.82 bits per heavy atom. The first-order chi connectivity index (χ1) is 8.19. The third-order valence-corrected chi connectivity index (χ3v) is 2.43. The Morgan fingerprint density at radius 1 is 0.941 bits per heavy atom. The van der Waals surface area contributed by atoms with Gasteiger partial charge >= 0.3 is 0 Å². The topological polar surface area (TPSA) is 55.8 Å². The molecule has 88 valence electrons. The van der Waals surface area contributed by atoms with Crippen LogP contribution in [-0.2, 0) is 9.59 Å². The number of carbonyl (C=O) groups is 2. The van der Waals surface area contributed by atoms with Crippen molar-refractivity contribution in [2.75, 3.05) is 19.1 Å². The van der Waals surface area contributed by atoms with E-state index >= 15 is 0 Å². The Balaban J connectivity index is 2.57. The maximum absolute atomic E-state index is 11.6. The lowest BCUT2D eigenvalue weighted by Gasteiger charge is -2.19. The minimum atomic E-state index is -0.405. The molecule has 2 amide bonds. The van der Waals surface area contributed by atoms with Crippen molar-refractivity contribution in [2.24, 2.45) is 0 Å². The van der Waals surface area contributed by atoms with E-state index in [1.807, 2.05) is 0 Å². The Morgan fingerprint density at radius 2 is 1.41 bits per heavy atom. The predicted molar refractivity (Wildman–Crippen MR) is 61.2 cm³/mol. The van der Waals surface area contributed by atoms with Crippen molar-refractivity contribution in [3.8, 4) is 11.5 Å². The van der Waals surface area contributed by atoms with Crippen LogP contribution in [0.15, 0.2) is 30.4 Å². The maximum Gasteiger partial charge on any atom is 0.258 e. The summed E-state index contributed by atoms with van der Waals surface area (Å²) in [5.74, 6) is 0.0140. The smallest absolute Gasteiger partial charge is 0.258 e. The number of nitrogens with zero attached hydrogens (tertiary/aromatic N) is 1. The zero-order valence-electron chi connectivity index (χ0n) is 9.47. The summed E-state index contributed by atoms with van der Waals surface area (Å²) in [7, 11) is 2.94. The van der Waals surface area contributed by atoms with Gasteiger partial charge in [-0.2, -0.15) is 0 Å². The van der Waals surface area contributed by atoms with Crippen LogP contribution in [0, 0.1) is 0 Å². The first-order valence-corrected chi connectivity index (χ1v) is 4.96. The molecule has 0 fully saturated rings. The standard InChI is InChI=1S/C12H11NO4/c1-16-8-4-3-5-9(17-2)12(8)13-10(14)6-7-11(13)15/h3-7H,1-2H3. The molecule has 5 nitrogen and oxygen atoms in total. The normalized spacial score (nSPS) is 14.4. The molecule has 0 N–H and O–H groups in total. The average molecular weight is 233 g/mol. The average Bonchev–Trinajstić information content (AvgIpc) is 2.68. The molecular weight excluding hydrogens is 222 g/mol. The molecule has 1 aliphatic heterocycles. The summed E-state index contributed by atoms with van der Waals surface area (Å²) in [4.78, 5) is 24.3. The fourth-order valence-corrected chi connectivity index (χ4v) is 1.67. The number of hydrogen-bond acceptors (Lipinski definition) is 4. The van der Waals surface area contributed by atoms with Gasteiger partial charge in [0.2, 0.25) is 0 Å². The van der Waals surface area contributed by atoms with Gasteiger partial charge in [-0.1, -0.05) is 6.07 Å². The molecule has 0 aliphatic carbocycles. The number of carbonyl (C=O) groups excluding carboxylic acids is 2. The number of ether oxygens (including phenoxy) is 2. The first-order valence-electron chi connectivity index (χ1n) is 4.96. The molecule has 0 aromatic heterocycles. The van der Waals surface area contributed by atoms with Crippen molar-refractivity contribution in [3.63, 3.8) is 0 Å². The van der Waals surface area contributed by atoms with Gasteiger partial charge in [-0.3, -0.25) is 9.59 Å². The quantitative estimate of drug-likeness (QED) is 0.734. The second-order valence-electron chi connectivity index (χ2n) is 3.36. The van der Waals surface area contributed by atoms with Gasteiger partial charge in [0.25, 0.3) is 11.8 Å². The lowest BCUT2D eigenvalue weighted by Crippen LogP contribution is -2.30. The highest BCUT2D eigenvalue weighted by Crippen LogP contribution is 2.38. The summed E-state index contributed by atoms with van der Waals surface area (Å²) < 4.78 is 10.3. The van der Waals surface area contributed by atoms with E-state index in [0.717, 1.165) is 4.90 Å². The fourth-order valence-electron chi connectivity index (χ4n) is 1.67. The van der Waals surface area contributed by atoms with Gasteiger partial charge in [-0.25, -0.2) is 4.90 Å². The van der Waals surface area contributed by atoms with Crippen molar-refractivity contribution in [1.29, 1.82) is 0 Å². The Kier molecular flexibility index (Phi) is 2.82. The SMILES string of the molecule is COc1cccc(OC)c1N1C(=O)C=CC1=O. The zero-order chi connectivity index (χ0) is 12.4. The number of anilines is 1. The van der Waals surface area contributed by atoms with E-state index in [4.69, 9.17) is 9.47 Å². The summed E-state index contributed by atoms with van der Waals surface area (Å²) in [6.07, 6.45) is 2.43. The highest BCUT2D eigenvalue weighted by molar-refractivity contribution is 6.29.